The lowest BCUT2D eigenvalue weighted by Gasteiger charge is -2.07. The zero-order valence-corrected chi connectivity index (χ0v) is 13.9. The van der Waals surface area contributed by atoms with Gasteiger partial charge in [-0.15, -0.1) is 22.7 Å². The molecule has 1 unspecified atom stereocenters. The van der Waals surface area contributed by atoms with Crippen molar-refractivity contribution in [3.05, 3.63) is 42.2 Å². The number of thiophene rings is 2. The predicted octanol–water partition coefficient (Wildman–Crippen LogP) is 5.93. The predicted molar refractivity (Wildman–Crippen MR) is 81.2 cm³/mol. The molecule has 0 saturated heterocycles. The van der Waals surface area contributed by atoms with E-state index in [1.807, 2.05) is 22.7 Å². The number of hydrogen-bond donors (Lipinski definition) is 0. The molecule has 0 aliphatic rings. The summed E-state index contributed by atoms with van der Waals surface area (Å²) < 4.78 is 1.24. The van der Waals surface area contributed by atoms with Crippen molar-refractivity contribution in [3.8, 4) is 0 Å². The molecule has 0 saturated carbocycles. The minimum atomic E-state index is 0.345. The van der Waals surface area contributed by atoms with Crippen molar-refractivity contribution in [1.29, 1.82) is 0 Å². The number of aryl methyl sites for hydroxylation is 2. The molecule has 0 spiro atoms. The second-order valence-electron chi connectivity index (χ2n) is 3.63. The first-order valence-corrected chi connectivity index (χ1v) is 8.50. The number of hydrogen-bond acceptors (Lipinski definition) is 2. The fourth-order valence-electron chi connectivity index (χ4n) is 1.60. The fraction of sp³-hybridized carbons (Fsp3) is 0.333. The van der Waals surface area contributed by atoms with Crippen LogP contribution in [0.4, 0.5) is 0 Å². The minimum absolute atomic E-state index is 0.345. The third-order valence-electron chi connectivity index (χ3n) is 2.52. The lowest BCUT2D eigenvalue weighted by Crippen LogP contribution is -1.90. The summed E-state index contributed by atoms with van der Waals surface area (Å²) in [4.78, 5) is 3.16. The zero-order chi connectivity index (χ0) is 11.7. The molecule has 2 aromatic heterocycles. The average Bonchev–Trinajstić information content (AvgIpc) is 2.85. The van der Waals surface area contributed by atoms with E-state index in [-0.39, 0.29) is 0 Å². The molecule has 2 heterocycles. The number of rotatable bonds is 3. The van der Waals surface area contributed by atoms with Crippen molar-refractivity contribution < 1.29 is 0 Å². The van der Waals surface area contributed by atoms with Gasteiger partial charge in [-0.1, -0.05) is 22.9 Å². The zero-order valence-electron chi connectivity index (χ0n) is 9.09. The smallest absolute Gasteiger partial charge is 0.0834 e. The standard InChI is InChI=1S/C12H12Br2S2/c1-3-8-4-5-15-11(8)10(13)9-6-7(2)12(14)16-9/h4-6,10H,3H2,1-2H3. The van der Waals surface area contributed by atoms with Crippen LogP contribution in [0.3, 0.4) is 0 Å². The monoisotopic (exact) mass is 378 g/mol. The lowest BCUT2D eigenvalue weighted by atomic mass is 10.1. The first-order valence-electron chi connectivity index (χ1n) is 5.09. The normalized spacial score (nSPS) is 13.0. The Morgan fingerprint density at radius 3 is 2.75 bits per heavy atom. The second-order valence-corrected chi connectivity index (χ2v) is 7.90. The van der Waals surface area contributed by atoms with E-state index in [9.17, 15) is 0 Å². The molecule has 0 radical (unpaired) electrons. The van der Waals surface area contributed by atoms with Crippen LogP contribution in [-0.2, 0) is 6.42 Å². The molecule has 0 fully saturated rings. The van der Waals surface area contributed by atoms with Crippen LogP contribution in [0.2, 0.25) is 0 Å². The highest BCUT2D eigenvalue weighted by Crippen LogP contribution is 2.42. The maximum absolute atomic E-state index is 3.81. The Balaban J connectivity index is 2.35. The van der Waals surface area contributed by atoms with Crippen LogP contribution in [0.25, 0.3) is 0 Å². The molecule has 1 atom stereocenters. The van der Waals surface area contributed by atoms with E-state index in [1.54, 1.807) is 0 Å². The van der Waals surface area contributed by atoms with Crippen molar-refractivity contribution >= 4 is 54.5 Å². The Bertz CT molecular complexity index is 465. The van der Waals surface area contributed by atoms with Gasteiger partial charge < -0.3 is 0 Å². The highest BCUT2D eigenvalue weighted by molar-refractivity contribution is 9.11. The summed E-state index contributed by atoms with van der Waals surface area (Å²) in [5.74, 6) is 0. The molecule has 0 aliphatic heterocycles. The minimum Gasteiger partial charge on any atom is -0.147 e. The van der Waals surface area contributed by atoms with E-state index >= 15 is 0 Å². The topological polar surface area (TPSA) is 0 Å². The molecule has 86 valence electrons. The summed E-state index contributed by atoms with van der Waals surface area (Å²) in [6.45, 7) is 4.35. The van der Waals surface area contributed by atoms with Gasteiger partial charge in [-0.25, -0.2) is 0 Å². The SMILES string of the molecule is CCc1ccsc1C(Br)c1cc(C)c(Br)s1. The van der Waals surface area contributed by atoms with Gasteiger partial charge in [0.1, 0.15) is 0 Å². The Kier molecular flexibility index (Phi) is 4.27. The van der Waals surface area contributed by atoms with Crippen LogP contribution < -0.4 is 0 Å². The van der Waals surface area contributed by atoms with E-state index < -0.39 is 0 Å². The van der Waals surface area contributed by atoms with Crippen molar-refractivity contribution in [3.63, 3.8) is 0 Å². The van der Waals surface area contributed by atoms with Gasteiger partial charge in [-0.05, 0) is 57.9 Å². The van der Waals surface area contributed by atoms with Crippen LogP contribution in [0.1, 0.15) is 32.6 Å². The van der Waals surface area contributed by atoms with Gasteiger partial charge in [0.15, 0.2) is 0 Å². The first kappa shape index (κ1) is 12.8. The van der Waals surface area contributed by atoms with Gasteiger partial charge in [0.2, 0.25) is 0 Å². The van der Waals surface area contributed by atoms with Crippen LogP contribution in [-0.4, -0.2) is 0 Å². The molecular weight excluding hydrogens is 368 g/mol. The van der Waals surface area contributed by atoms with Gasteiger partial charge in [0.05, 0.1) is 8.61 Å². The molecule has 0 bridgehead atoms. The fourth-order valence-corrected chi connectivity index (χ4v) is 5.25. The molecule has 4 heteroatoms. The molecule has 0 aliphatic carbocycles. The Morgan fingerprint density at radius 1 is 1.44 bits per heavy atom. The first-order chi connectivity index (χ1) is 7.63. The van der Waals surface area contributed by atoms with Gasteiger partial charge in [0, 0.05) is 9.75 Å². The van der Waals surface area contributed by atoms with Crippen LogP contribution in [0.15, 0.2) is 21.3 Å². The molecule has 0 aromatic carbocycles. The van der Waals surface area contributed by atoms with Crippen LogP contribution >= 0.6 is 54.5 Å². The van der Waals surface area contributed by atoms with Gasteiger partial charge >= 0.3 is 0 Å². The summed E-state index contributed by atoms with van der Waals surface area (Å²) in [5.41, 5.74) is 2.77. The highest BCUT2D eigenvalue weighted by atomic mass is 79.9. The largest absolute Gasteiger partial charge is 0.147 e. The van der Waals surface area contributed by atoms with Gasteiger partial charge in [0.25, 0.3) is 0 Å². The number of alkyl halides is 1. The molecule has 2 rings (SSSR count). The highest BCUT2D eigenvalue weighted by Gasteiger charge is 2.18. The third-order valence-corrected chi connectivity index (χ3v) is 7.30. The van der Waals surface area contributed by atoms with Gasteiger partial charge in [-0.2, -0.15) is 0 Å². The third kappa shape index (κ3) is 2.45. The maximum Gasteiger partial charge on any atom is 0.0834 e. The van der Waals surface area contributed by atoms with Crippen LogP contribution in [0, 0.1) is 6.92 Å². The second kappa shape index (κ2) is 5.34. The van der Waals surface area contributed by atoms with E-state index in [2.05, 4.69) is 63.2 Å². The average molecular weight is 380 g/mol. The summed E-state index contributed by atoms with van der Waals surface area (Å²) in [5, 5.41) is 2.18. The Morgan fingerprint density at radius 2 is 2.19 bits per heavy atom. The molecular formula is C12H12Br2S2. The van der Waals surface area contributed by atoms with E-state index in [0.717, 1.165) is 6.42 Å². The number of halogens is 2. The summed E-state index contributed by atoms with van der Waals surface area (Å²) in [7, 11) is 0. The van der Waals surface area contributed by atoms with Crippen molar-refractivity contribution in [2.45, 2.75) is 25.1 Å². The van der Waals surface area contributed by atoms with Gasteiger partial charge in [-0.3, -0.25) is 0 Å². The molecule has 16 heavy (non-hydrogen) atoms. The molecule has 0 N–H and O–H groups in total. The lowest BCUT2D eigenvalue weighted by molar-refractivity contribution is 1.10. The maximum atomic E-state index is 3.81. The van der Waals surface area contributed by atoms with E-state index in [1.165, 1.54) is 24.7 Å². The van der Waals surface area contributed by atoms with Crippen LogP contribution in [0.5, 0.6) is 0 Å². The van der Waals surface area contributed by atoms with Crippen molar-refractivity contribution in [1.82, 2.24) is 0 Å². The van der Waals surface area contributed by atoms with E-state index in [0.29, 0.717) is 4.83 Å². The Hall–Kier alpha value is 0.360. The summed E-state index contributed by atoms with van der Waals surface area (Å²) in [6.07, 6.45) is 1.10. The molecule has 0 amide bonds. The van der Waals surface area contributed by atoms with E-state index in [4.69, 9.17) is 0 Å². The van der Waals surface area contributed by atoms with Crippen molar-refractivity contribution in [2.24, 2.45) is 0 Å². The van der Waals surface area contributed by atoms with Crippen molar-refractivity contribution in [2.75, 3.05) is 0 Å². The Labute approximate surface area is 121 Å². The molecule has 0 nitrogen and oxygen atoms in total. The summed E-state index contributed by atoms with van der Waals surface area (Å²) >= 11 is 11.0. The quantitative estimate of drug-likeness (QED) is 0.580. The molecule has 2 aromatic rings. The summed E-state index contributed by atoms with van der Waals surface area (Å²) in [6, 6.07) is 4.48.